The highest BCUT2D eigenvalue weighted by atomic mass is 35.5. The average Bonchev–Trinajstić information content (AvgIpc) is 2.26. The van der Waals surface area contributed by atoms with Gasteiger partial charge in [-0.2, -0.15) is 0 Å². The molecule has 0 radical (unpaired) electrons. The highest BCUT2D eigenvalue weighted by molar-refractivity contribution is 6.30. The van der Waals surface area contributed by atoms with Crippen molar-refractivity contribution in [3.8, 4) is 0 Å². The molecule has 0 unspecified atom stereocenters. The zero-order valence-corrected chi connectivity index (χ0v) is 9.67. The predicted octanol–water partition coefficient (Wildman–Crippen LogP) is 2.26. The zero-order valence-electron chi connectivity index (χ0n) is 8.91. The van der Waals surface area contributed by atoms with Crippen LogP contribution < -0.4 is 0 Å². The molecule has 84 valence electrons. The Morgan fingerprint density at radius 2 is 1.93 bits per heavy atom. The van der Waals surface area contributed by atoms with Crippen LogP contribution in [0.15, 0.2) is 24.3 Å². The second-order valence-corrected chi connectivity index (χ2v) is 4.41. The molecule has 0 aliphatic heterocycles. The summed E-state index contributed by atoms with van der Waals surface area (Å²) >= 11 is 5.88. The number of halogens is 1. The molecule has 3 heteroatoms. The minimum Gasteiger partial charge on any atom is -0.396 e. The van der Waals surface area contributed by atoms with Crippen molar-refractivity contribution in [2.24, 2.45) is 5.41 Å². The molecular formula is C12H17ClO2. The largest absolute Gasteiger partial charge is 0.396 e. The van der Waals surface area contributed by atoms with Crippen molar-refractivity contribution in [3.05, 3.63) is 34.9 Å². The van der Waals surface area contributed by atoms with Gasteiger partial charge in [0.1, 0.15) is 0 Å². The molecule has 1 aromatic rings. The Balaban J connectivity index is 2.82. The Morgan fingerprint density at radius 1 is 1.27 bits per heavy atom. The number of rotatable bonds is 5. The topological polar surface area (TPSA) is 40.5 Å². The summed E-state index contributed by atoms with van der Waals surface area (Å²) in [6.07, 6.45) is 1.39. The fourth-order valence-corrected chi connectivity index (χ4v) is 1.80. The second kappa shape index (κ2) is 5.50. The Morgan fingerprint density at radius 3 is 2.40 bits per heavy atom. The molecule has 0 amide bonds. The lowest BCUT2D eigenvalue weighted by atomic mass is 9.81. The van der Waals surface area contributed by atoms with E-state index in [2.05, 4.69) is 0 Å². The summed E-state index contributed by atoms with van der Waals surface area (Å²) in [5, 5.41) is 19.3. The van der Waals surface area contributed by atoms with E-state index in [9.17, 15) is 10.2 Å². The quantitative estimate of drug-likeness (QED) is 0.812. The molecule has 1 rings (SSSR count). The summed E-state index contributed by atoms with van der Waals surface area (Å²) in [5.74, 6) is 0. The van der Waals surface area contributed by atoms with Gasteiger partial charge < -0.3 is 10.2 Å². The molecule has 2 nitrogen and oxygen atoms in total. The molecule has 0 saturated heterocycles. The molecule has 2 N–H and O–H groups in total. The Hall–Kier alpha value is -0.570. The Labute approximate surface area is 95.5 Å². The van der Waals surface area contributed by atoms with Crippen LogP contribution in [0.3, 0.4) is 0 Å². The van der Waals surface area contributed by atoms with Crippen molar-refractivity contribution in [1.29, 1.82) is 0 Å². The lowest BCUT2D eigenvalue weighted by Gasteiger charge is -2.28. The zero-order chi connectivity index (χ0) is 11.3. The first-order valence-electron chi connectivity index (χ1n) is 5.12. The van der Waals surface area contributed by atoms with Crippen LogP contribution in [-0.2, 0) is 6.42 Å². The van der Waals surface area contributed by atoms with E-state index in [-0.39, 0.29) is 13.2 Å². The molecule has 0 atom stereocenters. The number of aliphatic hydroxyl groups is 2. The van der Waals surface area contributed by atoms with E-state index in [4.69, 9.17) is 11.6 Å². The summed E-state index contributed by atoms with van der Waals surface area (Å²) < 4.78 is 0. The standard InChI is InChI=1S/C12H17ClO2/c1-2-12(8-14,9-15)7-10-4-3-5-11(13)6-10/h3-6,14-15H,2,7-9H2,1H3. The Bertz CT molecular complexity index is 300. The summed E-state index contributed by atoms with van der Waals surface area (Å²) in [4.78, 5) is 0. The van der Waals surface area contributed by atoms with Gasteiger partial charge in [-0.15, -0.1) is 0 Å². The maximum absolute atomic E-state index is 9.31. The average molecular weight is 229 g/mol. The van der Waals surface area contributed by atoms with Crippen LogP contribution in [0.5, 0.6) is 0 Å². The summed E-state index contributed by atoms with van der Waals surface area (Å²) in [6, 6.07) is 7.53. The molecule has 0 aliphatic rings. The molecule has 0 saturated carbocycles. The number of aliphatic hydroxyl groups excluding tert-OH is 2. The fourth-order valence-electron chi connectivity index (χ4n) is 1.59. The maximum Gasteiger partial charge on any atom is 0.0512 e. The van der Waals surface area contributed by atoms with Gasteiger partial charge in [0.2, 0.25) is 0 Å². The summed E-state index contributed by atoms with van der Waals surface area (Å²) in [5.41, 5.74) is 0.623. The van der Waals surface area contributed by atoms with Gasteiger partial charge in [0.15, 0.2) is 0 Å². The first-order chi connectivity index (χ1) is 7.15. The van der Waals surface area contributed by atoms with Gasteiger partial charge in [-0.1, -0.05) is 30.7 Å². The third-order valence-electron chi connectivity index (χ3n) is 2.89. The summed E-state index contributed by atoms with van der Waals surface area (Å²) in [7, 11) is 0. The molecule has 0 aliphatic carbocycles. The van der Waals surface area contributed by atoms with Gasteiger partial charge in [-0.3, -0.25) is 0 Å². The Kier molecular flexibility index (Phi) is 4.58. The van der Waals surface area contributed by atoms with Gasteiger partial charge in [0, 0.05) is 10.4 Å². The van der Waals surface area contributed by atoms with Crippen LogP contribution in [0, 0.1) is 5.41 Å². The second-order valence-electron chi connectivity index (χ2n) is 3.98. The minimum atomic E-state index is -0.426. The van der Waals surface area contributed by atoms with Gasteiger partial charge in [-0.25, -0.2) is 0 Å². The van der Waals surface area contributed by atoms with Crippen LogP contribution >= 0.6 is 11.6 Å². The highest BCUT2D eigenvalue weighted by Crippen LogP contribution is 2.27. The predicted molar refractivity (Wildman–Crippen MR) is 62.1 cm³/mol. The first kappa shape index (κ1) is 12.5. The van der Waals surface area contributed by atoms with E-state index < -0.39 is 5.41 Å². The van der Waals surface area contributed by atoms with E-state index in [1.807, 2.05) is 31.2 Å². The third-order valence-corrected chi connectivity index (χ3v) is 3.12. The van der Waals surface area contributed by atoms with Crippen LogP contribution in [0.2, 0.25) is 5.02 Å². The van der Waals surface area contributed by atoms with Gasteiger partial charge in [0.25, 0.3) is 0 Å². The van der Waals surface area contributed by atoms with Crippen LogP contribution in [0.4, 0.5) is 0 Å². The van der Waals surface area contributed by atoms with E-state index in [0.29, 0.717) is 11.4 Å². The highest BCUT2D eigenvalue weighted by Gasteiger charge is 2.26. The van der Waals surface area contributed by atoms with E-state index >= 15 is 0 Å². The van der Waals surface area contributed by atoms with E-state index in [0.717, 1.165) is 12.0 Å². The fraction of sp³-hybridized carbons (Fsp3) is 0.500. The van der Waals surface area contributed by atoms with Crippen molar-refractivity contribution >= 4 is 11.6 Å². The van der Waals surface area contributed by atoms with Gasteiger partial charge >= 0.3 is 0 Å². The van der Waals surface area contributed by atoms with Crippen LogP contribution in [-0.4, -0.2) is 23.4 Å². The van der Waals surface area contributed by atoms with Crippen molar-refractivity contribution in [1.82, 2.24) is 0 Å². The van der Waals surface area contributed by atoms with Crippen molar-refractivity contribution in [2.75, 3.05) is 13.2 Å². The third kappa shape index (κ3) is 3.20. The maximum atomic E-state index is 9.31. The molecule has 0 bridgehead atoms. The smallest absolute Gasteiger partial charge is 0.0512 e. The molecule has 0 spiro atoms. The molecule has 0 heterocycles. The van der Waals surface area contributed by atoms with Crippen molar-refractivity contribution in [2.45, 2.75) is 19.8 Å². The van der Waals surface area contributed by atoms with Crippen LogP contribution in [0.1, 0.15) is 18.9 Å². The van der Waals surface area contributed by atoms with E-state index in [1.54, 1.807) is 0 Å². The SMILES string of the molecule is CCC(CO)(CO)Cc1cccc(Cl)c1. The normalized spacial score (nSPS) is 11.7. The minimum absolute atomic E-state index is 0.00743. The number of hydrogen-bond acceptors (Lipinski definition) is 2. The lowest BCUT2D eigenvalue weighted by molar-refractivity contribution is 0.0514. The van der Waals surface area contributed by atoms with Gasteiger partial charge in [-0.05, 0) is 30.5 Å². The molecule has 1 aromatic carbocycles. The number of benzene rings is 1. The van der Waals surface area contributed by atoms with Crippen molar-refractivity contribution in [3.63, 3.8) is 0 Å². The van der Waals surface area contributed by atoms with Crippen molar-refractivity contribution < 1.29 is 10.2 Å². The van der Waals surface area contributed by atoms with Gasteiger partial charge in [0.05, 0.1) is 13.2 Å². The molecule has 15 heavy (non-hydrogen) atoms. The number of hydrogen-bond donors (Lipinski definition) is 2. The van der Waals surface area contributed by atoms with E-state index in [1.165, 1.54) is 0 Å². The molecular weight excluding hydrogens is 212 g/mol. The molecule has 0 fully saturated rings. The van der Waals surface area contributed by atoms with Crippen LogP contribution in [0.25, 0.3) is 0 Å². The first-order valence-corrected chi connectivity index (χ1v) is 5.50. The molecule has 0 aromatic heterocycles. The lowest BCUT2D eigenvalue weighted by Crippen LogP contribution is -2.31. The monoisotopic (exact) mass is 228 g/mol. The summed E-state index contributed by atoms with van der Waals surface area (Å²) in [6.45, 7) is 1.95.